The molecule has 2 amide bonds. The van der Waals surface area contributed by atoms with Gasteiger partial charge in [0, 0.05) is 42.7 Å². The number of aromatic nitrogens is 2. The average molecular weight is 467 g/mol. The third kappa shape index (κ3) is 6.64. The third-order valence-electron chi connectivity index (χ3n) is 4.79. The standard InChI is InChI=1S/C24H30N6O4/c1-15-6-8-17(9-7-15)28-21-12-16(2)27-23(30-21)25-10-11-26-24(31)29-18-13-19(32-3)22(34-5)20(14-18)33-4/h6-9,12-14H,10-11H2,1-5H3,(H2,26,29,31)(H2,25,27,28,30). The van der Waals surface area contributed by atoms with Crippen molar-refractivity contribution in [3.05, 3.63) is 53.7 Å². The van der Waals surface area contributed by atoms with E-state index >= 15 is 0 Å². The fourth-order valence-electron chi connectivity index (χ4n) is 3.18. The van der Waals surface area contributed by atoms with Gasteiger partial charge in [-0.25, -0.2) is 9.78 Å². The monoisotopic (exact) mass is 466 g/mol. The summed E-state index contributed by atoms with van der Waals surface area (Å²) in [5.41, 5.74) is 3.46. The van der Waals surface area contributed by atoms with Crippen LogP contribution in [0, 0.1) is 13.8 Å². The van der Waals surface area contributed by atoms with Crippen LogP contribution in [0.2, 0.25) is 0 Å². The number of anilines is 4. The number of hydrogen-bond donors (Lipinski definition) is 4. The Morgan fingerprint density at radius 3 is 2.15 bits per heavy atom. The summed E-state index contributed by atoms with van der Waals surface area (Å²) in [4.78, 5) is 21.2. The van der Waals surface area contributed by atoms with E-state index in [1.807, 2.05) is 44.2 Å². The number of carbonyl (C=O) groups is 1. The van der Waals surface area contributed by atoms with Gasteiger partial charge in [-0.15, -0.1) is 0 Å². The van der Waals surface area contributed by atoms with Crippen LogP contribution in [0.1, 0.15) is 11.3 Å². The van der Waals surface area contributed by atoms with Gasteiger partial charge in [0.05, 0.1) is 27.0 Å². The van der Waals surface area contributed by atoms with Gasteiger partial charge in [0.1, 0.15) is 5.82 Å². The van der Waals surface area contributed by atoms with E-state index in [4.69, 9.17) is 14.2 Å². The average Bonchev–Trinajstić information content (AvgIpc) is 2.82. The Kier molecular flexibility index (Phi) is 8.33. The summed E-state index contributed by atoms with van der Waals surface area (Å²) in [6.07, 6.45) is 0. The zero-order chi connectivity index (χ0) is 24.5. The molecule has 4 N–H and O–H groups in total. The molecule has 0 atom stereocenters. The van der Waals surface area contributed by atoms with E-state index in [1.54, 1.807) is 12.1 Å². The van der Waals surface area contributed by atoms with Gasteiger partial charge in [-0.1, -0.05) is 17.7 Å². The Morgan fingerprint density at radius 2 is 1.53 bits per heavy atom. The van der Waals surface area contributed by atoms with Crippen LogP contribution in [0.15, 0.2) is 42.5 Å². The second-order valence-electron chi connectivity index (χ2n) is 7.43. The summed E-state index contributed by atoms with van der Waals surface area (Å²) in [5.74, 6) is 2.51. The molecule has 0 saturated carbocycles. The van der Waals surface area contributed by atoms with Crippen molar-refractivity contribution in [1.29, 1.82) is 0 Å². The van der Waals surface area contributed by atoms with E-state index in [9.17, 15) is 4.79 Å². The maximum atomic E-state index is 12.3. The van der Waals surface area contributed by atoms with Crippen molar-refractivity contribution in [2.24, 2.45) is 0 Å². The van der Waals surface area contributed by atoms with Crippen LogP contribution in [0.25, 0.3) is 0 Å². The number of nitrogens with one attached hydrogen (secondary N) is 4. The number of benzene rings is 2. The van der Waals surface area contributed by atoms with Crippen LogP contribution < -0.4 is 35.5 Å². The predicted octanol–water partition coefficient (Wildman–Crippen LogP) is 4.10. The number of methoxy groups -OCH3 is 3. The minimum absolute atomic E-state index is 0.355. The van der Waals surface area contributed by atoms with Gasteiger partial charge in [-0.05, 0) is 26.0 Å². The van der Waals surface area contributed by atoms with Gasteiger partial charge in [0.2, 0.25) is 11.7 Å². The molecule has 0 aliphatic heterocycles. The summed E-state index contributed by atoms with van der Waals surface area (Å²) in [5, 5.41) is 11.9. The predicted molar refractivity (Wildman–Crippen MR) is 133 cm³/mol. The Balaban J connectivity index is 1.52. The van der Waals surface area contributed by atoms with Crippen LogP contribution in [0.4, 0.5) is 27.9 Å². The normalized spacial score (nSPS) is 10.3. The molecule has 0 bridgehead atoms. The zero-order valence-electron chi connectivity index (χ0n) is 20.0. The Hall–Kier alpha value is -4.21. The molecule has 34 heavy (non-hydrogen) atoms. The summed E-state index contributed by atoms with van der Waals surface area (Å²) in [6, 6.07) is 12.9. The van der Waals surface area contributed by atoms with Crippen LogP contribution in [-0.2, 0) is 0 Å². The van der Waals surface area contributed by atoms with Crippen molar-refractivity contribution < 1.29 is 19.0 Å². The van der Waals surface area contributed by atoms with E-state index in [-0.39, 0.29) is 6.03 Å². The first-order valence-electron chi connectivity index (χ1n) is 10.7. The molecule has 0 unspecified atom stereocenters. The Morgan fingerprint density at radius 1 is 0.853 bits per heavy atom. The molecule has 0 radical (unpaired) electrons. The topological polar surface area (TPSA) is 119 Å². The van der Waals surface area contributed by atoms with Crippen molar-refractivity contribution in [2.75, 3.05) is 50.4 Å². The van der Waals surface area contributed by atoms with E-state index in [2.05, 4.69) is 31.2 Å². The minimum Gasteiger partial charge on any atom is -0.493 e. The minimum atomic E-state index is -0.372. The smallest absolute Gasteiger partial charge is 0.319 e. The van der Waals surface area contributed by atoms with Gasteiger partial charge in [0.15, 0.2) is 11.5 Å². The number of amides is 2. The van der Waals surface area contributed by atoms with Crippen molar-refractivity contribution in [3.63, 3.8) is 0 Å². The first kappa shape index (κ1) is 24.4. The maximum Gasteiger partial charge on any atom is 0.319 e. The van der Waals surface area contributed by atoms with E-state index in [0.29, 0.717) is 47.8 Å². The fraction of sp³-hybridized carbons (Fsp3) is 0.292. The first-order valence-corrected chi connectivity index (χ1v) is 10.7. The quantitative estimate of drug-likeness (QED) is 0.330. The lowest BCUT2D eigenvalue weighted by molar-refractivity contribution is 0.252. The second kappa shape index (κ2) is 11.6. The molecule has 0 fully saturated rings. The fourth-order valence-corrected chi connectivity index (χ4v) is 3.18. The van der Waals surface area contributed by atoms with Crippen molar-refractivity contribution in [3.8, 4) is 17.2 Å². The van der Waals surface area contributed by atoms with Crippen molar-refractivity contribution in [1.82, 2.24) is 15.3 Å². The number of ether oxygens (including phenoxy) is 3. The SMILES string of the molecule is COc1cc(NC(=O)NCCNc2nc(C)cc(Nc3ccc(C)cc3)n2)cc(OC)c1OC. The molecule has 0 aliphatic carbocycles. The summed E-state index contributed by atoms with van der Waals surface area (Å²) < 4.78 is 15.9. The van der Waals surface area contributed by atoms with Gasteiger partial charge in [0.25, 0.3) is 0 Å². The Labute approximate surface area is 199 Å². The molecular weight excluding hydrogens is 436 g/mol. The largest absolute Gasteiger partial charge is 0.493 e. The maximum absolute atomic E-state index is 12.3. The molecule has 2 aromatic carbocycles. The van der Waals surface area contributed by atoms with Crippen LogP contribution in [0.3, 0.4) is 0 Å². The molecule has 0 spiro atoms. The van der Waals surface area contributed by atoms with Crippen molar-refractivity contribution >= 4 is 29.2 Å². The molecule has 3 rings (SSSR count). The molecule has 0 aliphatic rings. The molecule has 1 aromatic heterocycles. The highest BCUT2D eigenvalue weighted by Crippen LogP contribution is 2.39. The van der Waals surface area contributed by atoms with Gasteiger partial charge >= 0.3 is 6.03 Å². The molecule has 10 nitrogen and oxygen atoms in total. The highest BCUT2D eigenvalue weighted by Gasteiger charge is 2.14. The first-order chi connectivity index (χ1) is 16.4. The number of aryl methyl sites for hydroxylation is 2. The van der Waals surface area contributed by atoms with Crippen LogP contribution >= 0.6 is 0 Å². The highest BCUT2D eigenvalue weighted by atomic mass is 16.5. The van der Waals surface area contributed by atoms with Crippen molar-refractivity contribution in [2.45, 2.75) is 13.8 Å². The molecule has 180 valence electrons. The number of carbonyl (C=O) groups excluding carboxylic acids is 1. The molecule has 0 saturated heterocycles. The molecular formula is C24H30N6O4. The zero-order valence-corrected chi connectivity index (χ0v) is 20.0. The Bertz CT molecular complexity index is 1100. The van der Waals surface area contributed by atoms with Crippen LogP contribution in [0.5, 0.6) is 17.2 Å². The van der Waals surface area contributed by atoms with Gasteiger partial charge < -0.3 is 35.5 Å². The van der Waals surface area contributed by atoms with Gasteiger partial charge in [-0.3, -0.25) is 0 Å². The van der Waals surface area contributed by atoms with E-state index in [1.165, 1.54) is 26.9 Å². The lowest BCUT2D eigenvalue weighted by atomic mass is 10.2. The van der Waals surface area contributed by atoms with E-state index < -0.39 is 0 Å². The molecule has 1 heterocycles. The summed E-state index contributed by atoms with van der Waals surface area (Å²) in [7, 11) is 4.55. The van der Waals surface area contributed by atoms with Gasteiger partial charge in [-0.2, -0.15) is 4.98 Å². The van der Waals surface area contributed by atoms with E-state index in [0.717, 1.165) is 11.4 Å². The second-order valence-corrected chi connectivity index (χ2v) is 7.43. The number of hydrogen-bond acceptors (Lipinski definition) is 8. The number of rotatable bonds is 10. The molecule has 3 aromatic rings. The lowest BCUT2D eigenvalue weighted by Crippen LogP contribution is -2.32. The summed E-state index contributed by atoms with van der Waals surface area (Å²) in [6.45, 7) is 4.74. The highest BCUT2D eigenvalue weighted by molar-refractivity contribution is 5.90. The lowest BCUT2D eigenvalue weighted by Gasteiger charge is -2.15. The summed E-state index contributed by atoms with van der Waals surface area (Å²) >= 11 is 0. The van der Waals surface area contributed by atoms with Crippen LogP contribution in [-0.4, -0.2) is 50.4 Å². The third-order valence-corrected chi connectivity index (χ3v) is 4.79. The number of urea groups is 1. The number of nitrogens with zero attached hydrogens (tertiary/aromatic N) is 2. The molecule has 10 heteroatoms.